The van der Waals surface area contributed by atoms with Crippen LogP contribution in [0.5, 0.6) is 0 Å². The fourth-order valence-electron chi connectivity index (χ4n) is 1.18. The topological polar surface area (TPSA) is 38.9 Å². The molecule has 1 aromatic carbocycles. The van der Waals surface area contributed by atoms with E-state index in [2.05, 4.69) is 45.3 Å². The Morgan fingerprint density at radius 1 is 1.17 bits per heavy atom. The monoisotopic (exact) mass is 280 g/mol. The van der Waals surface area contributed by atoms with Crippen molar-refractivity contribution in [3.05, 3.63) is 40.9 Å². The molecule has 0 spiro atoms. The molecule has 1 aromatic heterocycles. The highest BCUT2D eigenvalue weighted by atomic mass is 32.1. The molecule has 0 radical (unpaired) electrons. The molecule has 0 aliphatic carbocycles. The lowest BCUT2D eigenvalue weighted by atomic mass is 9.93. The first-order chi connectivity index (χ1) is 8.29. The Bertz CT molecular complexity index is 460. The Morgan fingerprint density at radius 2 is 1.72 bits per heavy atom. The van der Waals surface area contributed by atoms with Gasteiger partial charge in [-0.1, -0.05) is 38.5 Å². The summed E-state index contributed by atoms with van der Waals surface area (Å²) in [5.41, 5.74) is 7.97. The minimum atomic E-state index is 0.133. The first-order valence-corrected chi connectivity index (χ1v) is 7.09. The fourth-order valence-corrected chi connectivity index (χ4v) is 2.12. The standard InChI is InChI=1S/C7H12N2S.C7H8S/c1-7(2,3)5-4-10-6(8)9-5;1-6-2-4-7(8)5-3-6/h4H,1-3H3,(H2,8,9);2-5,8H,1H3. The maximum absolute atomic E-state index is 5.48. The van der Waals surface area contributed by atoms with Crippen LogP contribution in [-0.2, 0) is 5.41 Å². The lowest BCUT2D eigenvalue weighted by Crippen LogP contribution is -2.11. The van der Waals surface area contributed by atoms with Gasteiger partial charge >= 0.3 is 0 Å². The quantitative estimate of drug-likeness (QED) is 0.706. The van der Waals surface area contributed by atoms with Gasteiger partial charge in [0.05, 0.1) is 5.69 Å². The number of hydrogen-bond acceptors (Lipinski definition) is 4. The van der Waals surface area contributed by atoms with Gasteiger partial charge in [-0.3, -0.25) is 0 Å². The van der Waals surface area contributed by atoms with E-state index in [9.17, 15) is 0 Å². The highest BCUT2D eigenvalue weighted by Crippen LogP contribution is 2.24. The molecule has 0 saturated carbocycles. The summed E-state index contributed by atoms with van der Waals surface area (Å²) < 4.78 is 0. The van der Waals surface area contributed by atoms with Gasteiger partial charge in [0.1, 0.15) is 0 Å². The van der Waals surface area contributed by atoms with E-state index in [1.807, 2.05) is 29.6 Å². The van der Waals surface area contributed by atoms with Crippen LogP contribution in [0.3, 0.4) is 0 Å². The number of nitrogen functional groups attached to an aromatic ring is 1. The van der Waals surface area contributed by atoms with Gasteiger partial charge in [0.2, 0.25) is 0 Å². The SMILES string of the molecule is CC(C)(C)c1csc(N)n1.Cc1ccc(S)cc1. The summed E-state index contributed by atoms with van der Waals surface area (Å²) in [5, 5.41) is 2.67. The van der Waals surface area contributed by atoms with Crippen molar-refractivity contribution in [2.45, 2.75) is 38.0 Å². The van der Waals surface area contributed by atoms with E-state index in [0.717, 1.165) is 10.6 Å². The molecular weight excluding hydrogens is 260 g/mol. The van der Waals surface area contributed by atoms with Gasteiger partial charge in [0, 0.05) is 15.7 Å². The highest BCUT2D eigenvalue weighted by molar-refractivity contribution is 7.80. The highest BCUT2D eigenvalue weighted by Gasteiger charge is 2.16. The number of nitrogens with two attached hydrogens (primary N) is 1. The van der Waals surface area contributed by atoms with E-state index >= 15 is 0 Å². The van der Waals surface area contributed by atoms with Gasteiger partial charge in [-0.15, -0.1) is 24.0 Å². The van der Waals surface area contributed by atoms with Crippen LogP contribution in [0, 0.1) is 6.92 Å². The van der Waals surface area contributed by atoms with Gasteiger partial charge in [-0.05, 0) is 19.1 Å². The van der Waals surface area contributed by atoms with E-state index in [-0.39, 0.29) is 5.41 Å². The molecule has 0 fully saturated rings. The first-order valence-electron chi connectivity index (χ1n) is 5.76. The summed E-state index contributed by atoms with van der Waals surface area (Å²) in [7, 11) is 0. The van der Waals surface area contributed by atoms with Crippen molar-refractivity contribution in [2.75, 3.05) is 5.73 Å². The number of hydrogen-bond donors (Lipinski definition) is 2. The molecule has 0 aliphatic heterocycles. The Labute approximate surface area is 119 Å². The van der Waals surface area contributed by atoms with Gasteiger partial charge in [0.15, 0.2) is 5.13 Å². The minimum Gasteiger partial charge on any atom is -0.375 e. The van der Waals surface area contributed by atoms with Crippen molar-refractivity contribution in [3.63, 3.8) is 0 Å². The lowest BCUT2D eigenvalue weighted by molar-refractivity contribution is 0.574. The zero-order chi connectivity index (χ0) is 13.8. The van der Waals surface area contributed by atoms with Gasteiger partial charge < -0.3 is 5.73 Å². The summed E-state index contributed by atoms with van der Waals surface area (Å²) >= 11 is 5.63. The van der Waals surface area contributed by atoms with Crippen LogP contribution in [0.4, 0.5) is 5.13 Å². The second-order valence-corrected chi connectivity index (χ2v) is 6.56. The molecule has 2 aromatic rings. The van der Waals surface area contributed by atoms with Crippen LogP contribution in [0.1, 0.15) is 32.0 Å². The third-order valence-electron chi connectivity index (χ3n) is 2.32. The predicted molar refractivity (Wildman–Crippen MR) is 83.7 cm³/mol. The number of thiazole rings is 1. The molecule has 2 N–H and O–H groups in total. The van der Waals surface area contributed by atoms with E-state index in [0.29, 0.717) is 5.13 Å². The normalized spacial score (nSPS) is 10.7. The third-order valence-corrected chi connectivity index (χ3v) is 3.30. The average Bonchev–Trinajstić information content (AvgIpc) is 2.70. The number of rotatable bonds is 0. The molecule has 98 valence electrons. The molecule has 0 atom stereocenters. The van der Waals surface area contributed by atoms with Crippen molar-refractivity contribution in [1.82, 2.24) is 4.98 Å². The maximum Gasteiger partial charge on any atom is 0.180 e. The van der Waals surface area contributed by atoms with Gasteiger partial charge in [0.25, 0.3) is 0 Å². The van der Waals surface area contributed by atoms with Crippen LogP contribution in [0.2, 0.25) is 0 Å². The summed E-state index contributed by atoms with van der Waals surface area (Å²) in [4.78, 5) is 5.20. The zero-order valence-electron chi connectivity index (χ0n) is 11.3. The second-order valence-electron chi connectivity index (χ2n) is 5.16. The Kier molecular flexibility index (Phi) is 5.23. The molecule has 0 amide bonds. The molecule has 0 unspecified atom stereocenters. The van der Waals surface area contributed by atoms with E-state index in [1.165, 1.54) is 16.9 Å². The fraction of sp³-hybridized carbons (Fsp3) is 0.357. The number of anilines is 1. The third kappa shape index (κ3) is 5.10. The largest absolute Gasteiger partial charge is 0.375 e. The number of aryl methyl sites for hydroxylation is 1. The van der Waals surface area contributed by atoms with Crippen LogP contribution in [0.25, 0.3) is 0 Å². The Balaban J connectivity index is 0.000000184. The molecule has 0 aliphatic rings. The van der Waals surface area contributed by atoms with E-state index in [1.54, 1.807) is 0 Å². The zero-order valence-corrected chi connectivity index (χ0v) is 13.0. The number of nitrogens with zero attached hydrogens (tertiary/aromatic N) is 1. The summed E-state index contributed by atoms with van der Waals surface area (Å²) in [6.45, 7) is 8.44. The van der Waals surface area contributed by atoms with Crippen molar-refractivity contribution in [1.29, 1.82) is 0 Å². The molecule has 2 nitrogen and oxygen atoms in total. The van der Waals surface area contributed by atoms with Crippen LogP contribution in [0.15, 0.2) is 34.5 Å². The average molecular weight is 280 g/mol. The Morgan fingerprint density at radius 3 is 2.00 bits per heavy atom. The second kappa shape index (κ2) is 6.25. The van der Waals surface area contributed by atoms with E-state index < -0.39 is 0 Å². The molecule has 0 bridgehead atoms. The molecule has 0 saturated heterocycles. The first kappa shape index (κ1) is 15.1. The van der Waals surface area contributed by atoms with Crippen molar-refractivity contribution in [2.24, 2.45) is 0 Å². The molecule has 18 heavy (non-hydrogen) atoms. The van der Waals surface area contributed by atoms with Crippen LogP contribution >= 0.6 is 24.0 Å². The summed E-state index contributed by atoms with van der Waals surface area (Å²) in [6, 6.07) is 8.06. The number of aromatic nitrogens is 1. The minimum absolute atomic E-state index is 0.133. The predicted octanol–water partition coefficient (Wildman–Crippen LogP) is 4.31. The lowest BCUT2D eigenvalue weighted by Gasteiger charge is -2.13. The number of benzene rings is 1. The van der Waals surface area contributed by atoms with Crippen molar-refractivity contribution in [3.8, 4) is 0 Å². The van der Waals surface area contributed by atoms with Crippen molar-refractivity contribution < 1.29 is 0 Å². The smallest absolute Gasteiger partial charge is 0.180 e. The molecule has 1 heterocycles. The van der Waals surface area contributed by atoms with Gasteiger partial charge in [-0.2, -0.15) is 0 Å². The molecular formula is C14H20N2S2. The Hall–Kier alpha value is -1.00. The summed E-state index contributed by atoms with van der Waals surface area (Å²) in [5.74, 6) is 0. The van der Waals surface area contributed by atoms with Crippen molar-refractivity contribution >= 4 is 29.1 Å². The molecule has 4 heteroatoms. The van der Waals surface area contributed by atoms with Crippen LogP contribution in [-0.4, -0.2) is 4.98 Å². The summed E-state index contributed by atoms with van der Waals surface area (Å²) in [6.07, 6.45) is 0. The van der Waals surface area contributed by atoms with Gasteiger partial charge in [-0.25, -0.2) is 4.98 Å². The number of thiol groups is 1. The van der Waals surface area contributed by atoms with E-state index in [4.69, 9.17) is 5.73 Å². The molecule has 2 rings (SSSR count). The maximum atomic E-state index is 5.48. The van der Waals surface area contributed by atoms with Crippen LogP contribution < -0.4 is 5.73 Å².